The molecule has 1 saturated heterocycles. The minimum Gasteiger partial charge on any atom is -0.460 e. The van der Waals surface area contributed by atoms with Crippen molar-refractivity contribution in [1.82, 2.24) is 10.2 Å². The second-order valence-corrected chi connectivity index (χ2v) is 9.58. The first-order valence-corrected chi connectivity index (χ1v) is 10.8. The number of esters is 1. The van der Waals surface area contributed by atoms with Crippen LogP contribution in [0, 0.1) is 11.3 Å². The number of carbonyl (C=O) groups is 1. The van der Waals surface area contributed by atoms with Crippen LogP contribution < -0.4 is 5.32 Å². The molecule has 3 unspecified atom stereocenters. The number of rotatable bonds is 1. The topological polar surface area (TPSA) is 41.6 Å². The van der Waals surface area contributed by atoms with Crippen LogP contribution in [0.2, 0.25) is 0 Å². The van der Waals surface area contributed by atoms with E-state index in [0.717, 1.165) is 31.8 Å². The fourth-order valence-corrected chi connectivity index (χ4v) is 4.17. The molecule has 4 heteroatoms. The highest BCUT2D eigenvalue weighted by atomic mass is 16.5. The Labute approximate surface area is 159 Å². The van der Waals surface area contributed by atoms with Crippen LogP contribution in [0.1, 0.15) is 85.0 Å². The number of fused-ring (bicyclic) bond motifs is 2. The number of ether oxygens (including phenoxy) is 1. The lowest BCUT2D eigenvalue weighted by molar-refractivity contribution is -0.159. The highest BCUT2D eigenvalue weighted by Gasteiger charge is 2.36. The van der Waals surface area contributed by atoms with Crippen LogP contribution in [0.15, 0.2) is 11.9 Å². The lowest BCUT2D eigenvalue weighted by Gasteiger charge is -2.29. The molecule has 0 aromatic heterocycles. The van der Waals surface area contributed by atoms with E-state index in [1.165, 1.54) is 57.1 Å². The average molecular weight is 363 g/mol. The molecule has 0 spiro atoms. The van der Waals surface area contributed by atoms with Crippen LogP contribution in [0.4, 0.5) is 0 Å². The largest absolute Gasteiger partial charge is 0.460 e. The second-order valence-electron chi connectivity index (χ2n) is 9.58. The van der Waals surface area contributed by atoms with Crippen molar-refractivity contribution in [2.45, 2.75) is 97.1 Å². The SMILES string of the molecule is CC(C)(C)C(=O)OC1CCCCCCCC2CC2NC=C2CCCN2C1. The summed E-state index contributed by atoms with van der Waals surface area (Å²) in [5.74, 6) is 0.830. The fourth-order valence-electron chi connectivity index (χ4n) is 4.17. The lowest BCUT2D eigenvalue weighted by Crippen LogP contribution is -2.36. The Morgan fingerprint density at radius 2 is 1.85 bits per heavy atom. The Bertz CT molecular complexity index is 509. The molecular weight excluding hydrogens is 324 g/mol. The van der Waals surface area contributed by atoms with Crippen molar-refractivity contribution >= 4 is 5.97 Å². The molecule has 2 heterocycles. The van der Waals surface area contributed by atoms with E-state index in [0.29, 0.717) is 6.04 Å². The molecule has 1 saturated carbocycles. The van der Waals surface area contributed by atoms with Gasteiger partial charge in [-0.15, -0.1) is 0 Å². The molecule has 1 aliphatic carbocycles. The third-order valence-electron chi connectivity index (χ3n) is 6.06. The van der Waals surface area contributed by atoms with Crippen LogP contribution in [-0.2, 0) is 9.53 Å². The van der Waals surface area contributed by atoms with Gasteiger partial charge >= 0.3 is 5.97 Å². The summed E-state index contributed by atoms with van der Waals surface area (Å²) < 4.78 is 5.95. The van der Waals surface area contributed by atoms with E-state index in [2.05, 4.69) is 16.4 Å². The molecule has 0 radical (unpaired) electrons. The van der Waals surface area contributed by atoms with E-state index >= 15 is 0 Å². The van der Waals surface area contributed by atoms with Gasteiger partial charge in [-0.1, -0.05) is 25.7 Å². The van der Waals surface area contributed by atoms with Crippen LogP contribution >= 0.6 is 0 Å². The Balaban J connectivity index is 1.64. The number of hydrogen-bond acceptors (Lipinski definition) is 4. The van der Waals surface area contributed by atoms with Crippen molar-refractivity contribution in [3.63, 3.8) is 0 Å². The van der Waals surface area contributed by atoms with Gasteiger partial charge in [0.2, 0.25) is 0 Å². The summed E-state index contributed by atoms with van der Waals surface area (Å²) in [5.41, 5.74) is 0.978. The third kappa shape index (κ3) is 5.65. The molecule has 1 N–H and O–H groups in total. The van der Waals surface area contributed by atoms with Crippen molar-refractivity contribution in [2.75, 3.05) is 13.1 Å². The van der Waals surface area contributed by atoms with Gasteiger partial charge < -0.3 is 15.0 Å². The Morgan fingerprint density at radius 1 is 1.12 bits per heavy atom. The molecule has 148 valence electrons. The van der Waals surface area contributed by atoms with E-state index in [4.69, 9.17) is 4.74 Å². The van der Waals surface area contributed by atoms with Gasteiger partial charge in [-0.3, -0.25) is 4.79 Å². The molecule has 0 aromatic carbocycles. The second kappa shape index (κ2) is 8.67. The van der Waals surface area contributed by atoms with Gasteiger partial charge in [-0.25, -0.2) is 0 Å². The molecule has 0 amide bonds. The number of allylic oxidation sites excluding steroid dienone is 1. The molecule has 3 atom stereocenters. The van der Waals surface area contributed by atoms with Gasteiger partial charge in [0.1, 0.15) is 6.10 Å². The normalized spacial score (nSPS) is 30.8. The Hall–Kier alpha value is -1.19. The van der Waals surface area contributed by atoms with Crippen molar-refractivity contribution in [3.05, 3.63) is 11.9 Å². The monoisotopic (exact) mass is 362 g/mol. The Morgan fingerprint density at radius 3 is 2.62 bits per heavy atom. The summed E-state index contributed by atoms with van der Waals surface area (Å²) in [4.78, 5) is 14.9. The Kier molecular flexibility index (Phi) is 6.52. The summed E-state index contributed by atoms with van der Waals surface area (Å²) in [7, 11) is 0. The number of nitrogens with one attached hydrogen (secondary N) is 1. The molecule has 26 heavy (non-hydrogen) atoms. The number of nitrogens with zero attached hydrogens (tertiary/aromatic N) is 1. The molecule has 2 aliphatic heterocycles. The molecule has 2 fully saturated rings. The predicted molar refractivity (Wildman–Crippen MR) is 106 cm³/mol. The standard InChI is InChI=1S/C22H38N2O2/c1-22(2,3)21(25)26-19-12-8-6-4-5-7-10-17-14-20(17)23-15-18-11-9-13-24(18)16-19/h15,17,19-20,23H,4-14,16H2,1-3H3. The first kappa shape index (κ1) is 19.6. The van der Waals surface area contributed by atoms with Crippen molar-refractivity contribution in [1.29, 1.82) is 0 Å². The van der Waals surface area contributed by atoms with Crippen LogP contribution in [0.5, 0.6) is 0 Å². The van der Waals surface area contributed by atoms with Crippen LogP contribution in [-0.4, -0.2) is 36.1 Å². The van der Waals surface area contributed by atoms with Gasteiger partial charge in [-0.05, 0) is 65.2 Å². The molecule has 3 aliphatic rings. The molecule has 0 bridgehead atoms. The van der Waals surface area contributed by atoms with Crippen molar-refractivity contribution < 1.29 is 9.53 Å². The number of carbonyl (C=O) groups excluding carboxylic acids is 1. The summed E-state index contributed by atoms with van der Waals surface area (Å²) >= 11 is 0. The molecule has 3 rings (SSSR count). The zero-order chi connectivity index (χ0) is 18.6. The van der Waals surface area contributed by atoms with Crippen molar-refractivity contribution in [2.24, 2.45) is 11.3 Å². The van der Waals surface area contributed by atoms with Gasteiger partial charge in [0.15, 0.2) is 0 Å². The molecule has 4 nitrogen and oxygen atoms in total. The summed E-state index contributed by atoms with van der Waals surface area (Å²) in [6, 6.07) is 0.699. The van der Waals surface area contributed by atoms with E-state index in [9.17, 15) is 4.79 Å². The maximum atomic E-state index is 12.4. The fraction of sp³-hybridized carbons (Fsp3) is 0.864. The van der Waals surface area contributed by atoms with E-state index in [1.54, 1.807) is 0 Å². The zero-order valence-electron chi connectivity index (χ0n) is 17.1. The number of hydrogen-bond donors (Lipinski definition) is 1. The zero-order valence-corrected chi connectivity index (χ0v) is 17.1. The summed E-state index contributed by atoms with van der Waals surface area (Å²) in [6.45, 7) is 7.77. The highest BCUT2D eigenvalue weighted by molar-refractivity contribution is 5.75. The van der Waals surface area contributed by atoms with E-state index in [1.807, 2.05) is 20.8 Å². The highest BCUT2D eigenvalue weighted by Crippen LogP contribution is 2.36. The minimum atomic E-state index is -0.427. The smallest absolute Gasteiger partial charge is 0.311 e. The average Bonchev–Trinajstić information content (AvgIpc) is 3.18. The first-order chi connectivity index (χ1) is 12.4. The van der Waals surface area contributed by atoms with Crippen LogP contribution in [0.25, 0.3) is 0 Å². The lowest BCUT2D eigenvalue weighted by atomic mass is 9.97. The third-order valence-corrected chi connectivity index (χ3v) is 6.06. The minimum absolute atomic E-state index is 0.0158. The van der Waals surface area contributed by atoms with Gasteiger partial charge in [0.25, 0.3) is 0 Å². The first-order valence-electron chi connectivity index (χ1n) is 10.8. The van der Waals surface area contributed by atoms with Gasteiger partial charge in [0.05, 0.1) is 12.0 Å². The quantitative estimate of drug-likeness (QED) is 0.692. The van der Waals surface area contributed by atoms with Crippen molar-refractivity contribution in [3.8, 4) is 0 Å². The van der Waals surface area contributed by atoms with Crippen LogP contribution in [0.3, 0.4) is 0 Å². The van der Waals surface area contributed by atoms with Gasteiger partial charge in [0, 0.05) is 24.5 Å². The molecular formula is C22H38N2O2. The van der Waals surface area contributed by atoms with E-state index in [-0.39, 0.29) is 12.1 Å². The van der Waals surface area contributed by atoms with E-state index < -0.39 is 5.41 Å². The predicted octanol–water partition coefficient (Wildman–Crippen LogP) is 4.60. The molecule has 0 aromatic rings. The summed E-state index contributed by atoms with van der Waals surface area (Å²) in [6.07, 6.45) is 14.8. The van der Waals surface area contributed by atoms with Gasteiger partial charge in [-0.2, -0.15) is 0 Å². The summed E-state index contributed by atoms with van der Waals surface area (Å²) in [5, 5.41) is 3.67. The maximum Gasteiger partial charge on any atom is 0.311 e. The maximum absolute atomic E-state index is 12.4.